The maximum Gasteiger partial charge on any atom is 0.164 e. The second-order valence-electron chi connectivity index (χ2n) is 9.67. The first-order valence-electron chi connectivity index (χ1n) is 11.5. The SMILES string of the molecule is CCCCOc1ccc(-c2ccc(C(=O)CC3CC(C(C)(C)C)CCN3)cc2)cc1. The van der Waals surface area contributed by atoms with Gasteiger partial charge in [-0.05, 0) is 60.4 Å². The summed E-state index contributed by atoms with van der Waals surface area (Å²) >= 11 is 0. The summed E-state index contributed by atoms with van der Waals surface area (Å²) in [5.74, 6) is 1.81. The molecule has 0 amide bonds. The minimum absolute atomic E-state index is 0.230. The van der Waals surface area contributed by atoms with E-state index >= 15 is 0 Å². The largest absolute Gasteiger partial charge is 0.494 e. The average Bonchev–Trinajstić information content (AvgIpc) is 2.74. The van der Waals surface area contributed by atoms with Crippen molar-refractivity contribution in [1.82, 2.24) is 5.32 Å². The van der Waals surface area contributed by atoms with E-state index < -0.39 is 0 Å². The minimum Gasteiger partial charge on any atom is -0.494 e. The topological polar surface area (TPSA) is 38.3 Å². The van der Waals surface area contributed by atoms with Crippen molar-refractivity contribution in [2.45, 2.75) is 65.8 Å². The minimum atomic E-state index is 0.230. The molecular formula is C27H37NO2. The second kappa shape index (κ2) is 10.3. The number of nitrogens with one attached hydrogen (secondary N) is 1. The van der Waals surface area contributed by atoms with Gasteiger partial charge in [0.1, 0.15) is 5.75 Å². The van der Waals surface area contributed by atoms with Crippen molar-refractivity contribution in [2.24, 2.45) is 11.3 Å². The Kier molecular flexibility index (Phi) is 7.71. The van der Waals surface area contributed by atoms with Gasteiger partial charge in [-0.3, -0.25) is 4.79 Å². The summed E-state index contributed by atoms with van der Waals surface area (Å²) in [5, 5.41) is 3.55. The first kappa shape index (κ1) is 22.6. The second-order valence-corrected chi connectivity index (χ2v) is 9.67. The van der Waals surface area contributed by atoms with E-state index in [1.54, 1.807) is 0 Å². The van der Waals surface area contributed by atoms with Crippen LogP contribution in [0.3, 0.4) is 0 Å². The van der Waals surface area contributed by atoms with Crippen LogP contribution in [-0.2, 0) is 0 Å². The van der Waals surface area contributed by atoms with E-state index in [0.29, 0.717) is 17.8 Å². The van der Waals surface area contributed by atoms with E-state index in [1.165, 1.54) is 6.42 Å². The number of carbonyl (C=O) groups excluding carboxylic acids is 1. The number of benzene rings is 2. The van der Waals surface area contributed by atoms with E-state index in [-0.39, 0.29) is 11.8 Å². The zero-order chi connectivity index (χ0) is 21.6. The van der Waals surface area contributed by atoms with Gasteiger partial charge in [0.15, 0.2) is 5.78 Å². The van der Waals surface area contributed by atoms with Gasteiger partial charge in [0.05, 0.1) is 6.61 Å². The van der Waals surface area contributed by atoms with Crippen LogP contribution in [0, 0.1) is 11.3 Å². The zero-order valence-corrected chi connectivity index (χ0v) is 19.0. The van der Waals surface area contributed by atoms with Gasteiger partial charge < -0.3 is 10.1 Å². The molecule has 3 nitrogen and oxygen atoms in total. The van der Waals surface area contributed by atoms with Crippen LogP contribution in [0.4, 0.5) is 0 Å². The third-order valence-electron chi connectivity index (χ3n) is 6.31. The lowest BCUT2D eigenvalue weighted by atomic mass is 9.73. The highest BCUT2D eigenvalue weighted by Crippen LogP contribution is 2.35. The van der Waals surface area contributed by atoms with Crippen LogP contribution in [0.15, 0.2) is 48.5 Å². The Morgan fingerprint density at radius 3 is 2.27 bits per heavy atom. The van der Waals surface area contributed by atoms with Crippen molar-refractivity contribution in [1.29, 1.82) is 0 Å². The summed E-state index contributed by atoms with van der Waals surface area (Å²) in [7, 11) is 0. The molecule has 0 bridgehead atoms. The Balaban J connectivity index is 1.58. The monoisotopic (exact) mass is 407 g/mol. The van der Waals surface area contributed by atoms with Crippen LogP contribution >= 0.6 is 0 Å². The van der Waals surface area contributed by atoms with Crippen LogP contribution in [0.2, 0.25) is 0 Å². The first-order chi connectivity index (χ1) is 14.4. The maximum atomic E-state index is 12.8. The summed E-state index contributed by atoms with van der Waals surface area (Å²) in [4.78, 5) is 12.8. The molecule has 30 heavy (non-hydrogen) atoms. The number of unbranched alkanes of at least 4 members (excludes halogenated alkanes) is 1. The third-order valence-corrected chi connectivity index (χ3v) is 6.31. The fourth-order valence-corrected chi connectivity index (χ4v) is 4.22. The molecule has 1 aliphatic heterocycles. The number of carbonyl (C=O) groups is 1. The summed E-state index contributed by atoms with van der Waals surface area (Å²) in [5.41, 5.74) is 3.37. The highest BCUT2D eigenvalue weighted by atomic mass is 16.5. The summed E-state index contributed by atoms with van der Waals surface area (Å²) in [6, 6.07) is 16.5. The van der Waals surface area contributed by atoms with Gasteiger partial charge in [0, 0.05) is 18.0 Å². The van der Waals surface area contributed by atoms with Gasteiger partial charge in [-0.2, -0.15) is 0 Å². The molecular weight excluding hydrogens is 370 g/mol. The molecule has 3 heteroatoms. The molecule has 0 saturated carbocycles. The molecule has 1 aliphatic rings. The average molecular weight is 408 g/mol. The summed E-state index contributed by atoms with van der Waals surface area (Å²) < 4.78 is 5.74. The van der Waals surface area contributed by atoms with Crippen molar-refractivity contribution in [2.75, 3.05) is 13.2 Å². The van der Waals surface area contributed by atoms with Crippen molar-refractivity contribution in [3.63, 3.8) is 0 Å². The van der Waals surface area contributed by atoms with E-state index in [4.69, 9.17) is 4.74 Å². The highest BCUT2D eigenvalue weighted by Gasteiger charge is 2.31. The first-order valence-corrected chi connectivity index (χ1v) is 11.5. The van der Waals surface area contributed by atoms with Crippen LogP contribution < -0.4 is 10.1 Å². The van der Waals surface area contributed by atoms with Gasteiger partial charge in [-0.15, -0.1) is 0 Å². The smallest absolute Gasteiger partial charge is 0.164 e. The molecule has 1 fully saturated rings. The van der Waals surface area contributed by atoms with E-state index in [9.17, 15) is 4.79 Å². The van der Waals surface area contributed by atoms with Crippen molar-refractivity contribution < 1.29 is 9.53 Å². The summed E-state index contributed by atoms with van der Waals surface area (Å²) in [6.45, 7) is 10.9. The predicted octanol–water partition coefficient (Wildman–Crippen LogP) is 6.52. The fourth-order valence-electron chi connectivity index (χ4n) is 4.22. The Morgan fingerprint density at radius 1 is 1.03 bits per heavy atom. The molecule has 1 heterocycles. The lowest BCUT2D eigenvalue weighted by molar-refractivity contribution is 0.0934. The molecule has 2 unspecified atom stereocenters. The molecule has 162 valence electrons. The number of hydrogen-bond acceptors (Lipinski definition) is 3. The van der Waals surface area contributed by atoms with Crippen LogP contribution in [0.1, 0.15) is 70.2 Å². The molecule has 0 radical (unpaired) electrons. The van der Waals surface area contributed by atoms with E-state index in [0.717, 1.165) is 54.9 Å². The standard InChI is InChI=1S/C27H37NO2/c1-5-6-17-30-25-13-11-21(12-14-25)20-7-9-22(10-8-20)26(29)19-24-18-23(15-16-28-24)27(2,3)4/h7-14,23-24,28H,5-6,15-19H2,1-4H3. The van der Waals surface area contributed by atoms with Gasteiger partial charge in [0.2, 0.25) is 0 Å². The Bertz CT molecular complexity index is 802. The maximum absolute atomic E-state index is 12.8. The van der Waals surface area contributed by atoms with Gasteiger partial charge in [-0.25, -0.2) is 0 Å². The van der Waals surface area contributed by atoms with Gasteiger partial charge in [0.25, 0.3) is 0 Å². The molecule has 2 aromatic carbocycles. The molecule has 0 aromatic heterocycles. The van der Waals surface area contributed by atoms with Crippen LogP contribution in [0.25, 0.3) is 11.1 Å². The normalized spacial score (nSPS) is 19.5. The molecule has 2 atom stereocenters. The highest BCUT2D eigenvalue weighted by molar-refractivity contribution is 5.96. The number of piperidine rings is 1. The van der Waals surface area contributed by atoms with E-state index in [2.05, 4.69) is 45.1 Å². The number of hydrogen-bond donors (Lipinski definition) is 1. The quantitative estimate of drug-likeness (QED) is 0.400. The van der Waals surface area contributed by atoms with E-state index in [1.807, 2.05) is 36.4 Å². The number of ketones is 1. The van der Waals surface area contributed by atoms with Gasteiger partial charge >= 0.3 is 0 Å². The van der Waals surface area contributed by atoms with Crippen molar-refractivity contribution in [3.8, 4) is 16.9 Å². The molecule has 0 spiro atoms. The fraction of sp³-hybridized carbons (Fsp3) is 0.519. The lowest BCUT2D eigenvalue weighted by Crippen LogP contribution is -2.42. The van der Waals surface area contributed by atoms with Crippen molar-refractivity contribution >= 4 is 5.78 Å². The zero-order valence-electron chi connectivity index (χ0n) is 19.0. The molecule has 3 rings (SSSR count). The lowest BCUT2D eigenvalue weighted by Gasteiger charge is -2.38. The van der Waals surface area contributed by atoms with Crippen molar-refractivity contribution in [3.05, 3.63) is 54.1 Å². The molecule has 2 aromatic rings. The molecule has 0 aliphatic carbocycles. The van der Waals surface area contributed by atoms with Crippen LogP contribution in [0.5, 0.6) is 5.75 Å². The Labute approximate surface area is 182 Å². The number of ether oxygens (including phenoxy) is 1. The number of Topliss-reactive ketones (excluding diaryl/α,β-unsaturated/α-hetero) is 1. The van der Waals surface area contributed by atoms with Crippen LogP contribution in [-0.4, -0.2) is 25.0 Å². The Hall–Kier alpha value is -2.13. The third kappa shape index (κ3) is 6.18. The molecule has 1 saturated heterocycles. The van der Waals surface area contributed by atoms with Gasteiger partial charge in [-0.1, -0.05) is 70.5 Å². The Morgan fingerprint density at radius 2 is 1.67 bits per heavy atom. The summed E-state index contributed by atoms with van der Waals surface area (Å²) in [6.07, 6.45) is 5.07. The number of rotatable bonds is 8. The molecule has 1 N–H and O–H groups in total. The predicted molar refractivity (Wildman–Crippen MR) is 125 cm³/mol.